The normalized spacial score (nSPS) is 8.92. The first-order valence-electron chi connectivity index (χ1n) is 4.03. The monoisotopic (exact) mass is 173 g/mol. The van der Waals surface area contributed by atoms with E-state index < -0.39 is 0 Å². The molecule has 0 fully saturated rings. The maximum atomic E-state index is 10.7. The minimum absolute atomic E-state index is 0.0492. The molecule has 0 aromatic heterocycles. The molecule has 0 saturated heterocycles. The second-order valence-electron chi connectivity index (χ2n) is 2.71. The largest absolute Gasteiger partial charge is 0.352 e. The van der Waals surface area contributed by atoms with Crippen LogP contribution < -0.4 is 5.32 Å². The number of carbonyl (C=O) groups is 1. The molecule has 0 unspecified atom stereocenters. The van der Waals surface area contributed by atoms with Crippen molar-refractivity contribution in [3.63, 3.8) is 0 Å². The van der Waals surface area contributed by atoms with Gasteiger partial charge in [-0.2, -0.15) is 0 Å². The van der Waals surface area contributed by atoms with Gasteiger partial charge < -0.3 is 5.32 Å². The van der Waals surface area contributed by atoms with Crippen molar-refractivity contribution < 1.29 is 4.79 Å². The summed E-state index contributed by atoms with van der Waals surface area (Å²) in [5.74, 6) is 2.52. The highest BCUT2D eigenvalue weighted by Gasteiger charge is 1.98. The van der Waals surface area contributed by atoms with Crippen molar-refractivity contribution in [2.45, 2.75) is 13.5 Å². The summed E-state index contributed by atoms with van der Waals surface area (Å²) >= 11 is 0. The van der Waals surface area contributed by atoms with Gasteiger partial charge in [0.25, 0.3) is 0 Å². The molecule has 1 amide bonds. The second kappa shape index (κ2) is 4.32. The van der Waals surface area contributed by atoms with Crippen LogP contribution in [0.1, 0.15) is 18.1 Å². The first-order chi connectivity index (χ1) is 6.24. The average molecular weight is 173 g/mol. The number of nitrogens with one attached hydrogen (secondary N) is 1. The molecule has 0 saturated carbocycles. The lowest BCUT2D eigenvalue weighted by molar-refractivity contribution is -0.119. The summed E-state index contributed by atoms with van der Waals surface area (Å²) in [5, 5.41) is 2.70. The van der Waals surface area contributed by atoms with Crippen molar-refractivity contribution in [1.29, 1.82) is 0 Å². The Morgan fingerprint density at radius 1 is 1.54 bits per heavy atom. The van der Waals surface area contributed by atoms with Gasteiger partial charge >= 0.3 is 0 Å². The van der Waals surface area contributed by atoms with Crippen LogP contribution in [0.15, 0.2) is 24.3 Å². The van der Waals surface area contributed by atoms with Crippen molar-refractivity contribution in [3.05, 3.63) is 35.4 Å². The zero-order valence-electron chi connectivity index (χ0n) is 7.50. The average Bonchev–Trinajstić information content (AvgIpc) is 2.15. The molecule has 0 spiro atoms. The van der Waals surface area contributed by atoms with E-state index in [0.717, 1.165) is 11.1 Å². The molecule has 0 radical (unpaired) electrons. The summed E-state index contributed by atoms with van der Waals surface area (Å²) in [6, 6.07) is 7.55. The van der Waals surface area contributed by atoms with E-state index in [4.69, 9.17) is 6.42 Å². The van der Waals surface area contributed by atoms with Crippen LogP contribution in [0.25, 0.3) is 0 Å². The Kier molecular flexibility index (Phi) is 3.10. The molecule has 2 heteroatoms. The summed E-state index contributed by atoms with van der Waals surface area (Å²) in [5.41, 5.74) is 1.80. The number of rotatable bonds is 2. The summed E-state index contributed by atoms with van der Waals surface area (Å²) in [6.07, 6.45) is 5.29. The third-order valence-electron chi connectivity index (χ3n) is 1.70. The van der Waals surface area contributed by atoms with Crippen LogP contribution in [0, 0.1) is 12.3 Å². The number of terminal acetylenes is 1. The van der Waals surface area contributed by atoms with Crippen molar-refractivity contribution in [2.24, 2.45) is 0 Å². The van der Waals surface area contributed by atoms with Gasteiger partial charge in [0, 0.05) is 19.0 Å². The van der Waals surface area contributed by atoms with E-state index in [1.165, 1.54) is 6.92 Å². The number of hydrogen-bond acceptors (Lipinski definition) is 1. The van der Waals surface area contributed by atoms with Crippen LogP contribution >= 0.6 is 0 Å². The summed E-state index contributed by atoms with van der Waals surface area (Å²) < 4.78 is 0. The topological polar surface area (TPSA) is 29.1 Å². The molecule has 1 N–H and O–H groups in total. The number of hydrogen-bond donors (Lipinski definition) is 1. The van der Waals surface area contributed by atoms with Crippen LogP contribution in [0.4, 0.5) is 0 Å². The van der Waals surface area contributed by atoms with E-state index in [1.54, 1.807) is 0 Å². The molecule has 66 valence electrons. The lowest BCUT2D eigenvalue weighted by atomic mass is 10.1. The zero-order valence-corrected chi connectivity index (χ0v) is 7.50. The van der Waals surface area contributed by atoms with Crippen LogP contribution in [0.2, 0.25) is 0 Å². The first-order valence-corrected chi connectivity index (χ1v) is 4.03. The number of carbonyl (C=O) groups excluding carboxylic acids is 1. The van der Waals surface area contributed by atoms with Crippen LogP contribution in [0.5, 0.6) is 0 Å². The molecular formula is C11H11NO. The first kappa shape index (κ1) is 9.34. The minimum atomic E-state index is -0.0492. The summed E-state index contributed by atoms with van der Waals surface area (Å²) in [4.78, 5) is 10.7. The van der Waals surface area contributed by atoms with Crippen molar-refractivity contribution in [3.8, 4) is 12.3 Å². The molecule has 0 heterocycles. The molecule has 0 aliphatic heterocycles. The lowest BCUT2D eigenvalue weighted by Crippen LogP contribution is -2.19. The van der Waals surface area contributed by atoms with E-state index in [0.29, 0.717) is 6.54 Å². The highest BCUT2D eigenvalue weighted by atomic mass is 16.1. The molecule has 1 aromatic rings. The lowest BCUT2D eigenvalue weighted by Gasteiger charge is -2.04. The zero-order chi connectivity index (χ0) is 9.68. The SMILES string of the molecule is C#Cc1ccccc1CNC(C)=O. The Morgan fingerprint density at radius 3 is 2.85 bits per heavy atom. The van der Waals surface area contributed by atoms with Crippen molar-refractivity contribution >= 4 is 5.91 Å². The van der Waals surface area contributed by atoms with Gasteiger partial charge in [0.2, 0.25) is 5.91 Å². The molecule has 0 bridgehead atoms. The highest BCUT2D eigenvalue weighted by Crippen LogP contribution is 2.06. The van der Waals surface area contributed by atoms with E-state index in [2.05, 4.69) is 11.2 Å². The van der Waals surface area contributed by atoms with Gasteiger partial charge in [0.1, 0.15) is 0 Å². The Labute approximate surface area is 78.0 Å². The van der Waals surface area contributed by atoms with Gasteiger partial charge in [-0.05, 0) is 11.6 Å². The van der Waals surface area contributed by atoms with E-state index in [1.807, 2.05) is 24.3 Å². The fraction of sp³-hybridized carbons (Fsp3) is 0.182. The van der Waals surface area contributed by atoms with E-state index >= 15 is 0 Å². The maximum Gasteiger partial charge on any atom is 0.217 e. The minimum Gasteiger partial charge on any atom is -0.352 e. The molecular weight excluding hydrogens is 162 g/mol. The summed E-state index contributed by atoms with van der Waals surface area (Å²) in [7, 11) is 0. The molecule has 2 nitrogen and oxygen atoms in total. The Bertz CT molecular complexity index is 349. The highest BCUT2D eigenvalue weighted by molar-refractivity contribution is 5.72. The van der Waals surface area contributed by atoms with Crippen LogP contribution in [-0.2, 0) is 11.3 Å². The second-order valence-corrected chi connectivity index (χ2v) is 2.71. The van der Waals surface area contributed by atoms with E-state index in [-0.39, 0.29) is 5.91 Å². The van der Waals surface area contributed by atoms with Gasteiger partial charge in [-0.1, -0.05) is 24.1 Å². The quantitative estimate of drug-likeness (QED) is 0.671. The molecule has 1 aromatic carbocycles. The van der Waals surface area contributed by atoms with E-state index in [9.17, 15) is 4.79 Å². The molecule has 13 heavy (non-hydrogen) atoms. The van der Waals surface area contributed by atoms with Crippen molar-refractivity contribution in [2.75, 3.05) is 0 Å². The Morgan fingerprint density at radius 2 is 2.23 bits per heavy atom. The molecule has 1 rings (SSSR count). The number of benzene rings is 1. The molecule has 0 atom stereocenters. The molecule has 0 aliphatic carbocycles. The van der Waals surface area contributed by atoms with Gasteiger partial charge in [-0.15, -0.1) is 6.42 Å². The number of amides is 1. The summed E-state index contributed by atoms with van der Waals surface area (Å²) in [6.45, 7) is 1.98. The fourth-order valence-corrected chi connectivity index (χ4v) is 1.03. The standard InChI is InChI=1S/C11H11NO/c1-3-10-6-4-5-7-11(10)8-12-9(2)13/h1,4-7H,8H2,2H3,(H,12,13). The predicted molar refractivity (Wildman–Crippen MR) is 51.9 cm³/mol. The van der Waals surface area contributed by atoms with Crippen LogP contribution in [-0.4, -0.2) is 5.91 Å². The smallest absolute Gasteiger partial charge is 0.217 e. The predicted octanol–water partition coefficient (Wildman–Crippen LogP) is 1.30. The van der Waals surface area contributed by atoms with Gasteiger partial charge in [-0.3, -0.25) is 4.79 Å². The van der Waals surface area contributed by atoms with Crippen molar-refractivity contribution in [1.82, 2.24) is 5.32 Å². The third kappa shape index (κ3) is 2.64. The van der Waals surface area contributed by atoms with Gasteiger partial charge in [0.05, 0.1) is 0 Å². The van der Waals surface area contributed by atoms with Crippen LogP contribution in [0.3, 0.4) is 0 Å². The van der Waals surface area contributed by atoms with Gasteiger partial charge in [-0.25, -0.2) is 0 Å². The van der Waals surface area contributed by atoms with Gasteiger partial charge in [0.15, 0.2) is 0 Å². The maximum absolute atomic E-state index is 10.7. The molecule has 0 aliphatic rings. The Hall–Kier alpha value is -1.75. The Balaban J connectivity index is 2.77. The third-order valence-corrected chi connectivity index (χ3v) is 1.70. The fourth-order valence-electron chi connectivity index (χ4n) is 1.03.